The van der Waals surface area contributed by atoms with Gasteiger partial charge in [-0.25, -0.2) is 8.42 Å². The standard InChI is InChI=1S/C19H23ClN2O3S/c1-14-7-4-5-8-16(14)13-19(23)21-11-12-22(26(3,24)25)18-10-6-9-17(20)15(18)2/h4-10H,11-13H2,1-3H3,(H,21,23). The molecule has 2 rings (SSSR count). The number of nitrogens with zero attached hydrogens (tertiary/aromatic N) is 1. The Labute approximate surface area is 160 Å². The number of halogens is 1. The summed E-state index contributed by atoms with van der Waals surface area (Å²) in [6, 6.07) is 12.8. The monoisotopic (exact) mass is 394 g/mol. The van der Waals surface area contributed by atoms with Gasteiger partial charge in [0.25, 0.3) is 0 Å². The van der Waals surface area contributed by atoms with E-state index in [0.717, 1.165) is 17.4 Å². The first-order chi connectivity index (χ1) is 12.2. The third kappa shape index (κ3) is 5.22. The molecule has 0 unspecified atom stereocenters. The smallest absolute Gasteiger partial charge is 0.232 e. The molecule has 26 heavy (non-hydrogen) atoms. The van der Waals surface area contributed by atoms with Crippen molar-refractivity contribution in [3.63, 3.8) is 0 Å². The lowest BCUT2D eigenvalue weighted by atomic mass is 10.1. The molecule has 0 aliphatic rings. The first kappa shape index (κ1) is 20.3. The molecule has 1 amide bonds. The van der Waals surface area contributed by atoms with Gasteiger partial charge in [0.1, 0.15) is 0 Å². The van der Waals surface area contributed by atoms with Crippen LogP contribution in [0.2, 0.25) is 5.02 Å². The normalized spacial score (nSPS) is 11.2. The van der Waals surface area contributed by atoms with Gasteiger partial charge in [0.2, 0.25) is 15.9 Å². The van der Waals surface area contributed by atoms with Crippen molar-refractivity contribution in [2.75, 3.05) is 23.7 Å². The molecule has 0 radical (unpaired) electrons. The Kier molecular flexibility index (Phi) is 6.67. The van der Waals surface area contributed by atoms with Gasteiger partial charge < -0.3 is 5.32 Å². The van der Waals surface area contributed by atoms with E-state index in [0.29, 0.717) is 16.3 Å². The van der Waals surface area contributed by atoms with Gasteiger partial charge in [-0.15, -0.1) is 0 Å². The Hall–Kier alpha value is -2.05. The van der Waals surface area contributed by atoms with Crippen molar-refractivity contribution >= 4 is 33.2 Å². The predicted octanol–water partition coefficient (Wildman–Crippen LogP) is 3.08. The number of amides is 1. The lowest BCUT2D eigenvalue weighted by molar-refractivity contribution is -0.120. The summed E-state index contributed by atoms with van der Waals surface area (Å²) in [5, 5.41) is 3.29. The molecule has 5 nitrogen and oxygen atoms in total. The molecular weight excluding hydrogens is 372 g/mol. The van der Waals surface area contributed by atoms with Gasteiger partial charge in [-0.1, -0.05) is 41.9 Å². The Bertz CT molecular complexity index is 897. The number of sulfonamides is 1. The third-order valence-electron chi connectivity index (χ3n) is 4.16. The van der Waals surface area contributed by atoms with E-state index in [9.17, 15) is 13.2 Å². The van der Waals surface area contributed by atoms with Gasteiger partial charge in [0.15, 0.2) is 0 Å². The topological polar surface area (TPSA) is 66.5 Å². The molecule has 0 aliphatic carbocycles. The lowest BCUT2D eigenvalue weighted by Gasteiger charge is -2.24. The second-order valence-corrected chi connectivity index (χ2v) is 8.49. The van der Waals surface area contributed by atoms with Crippen LogP contribution in [-0.4, -0.2) is 33.7 Å². The van der Waals surface area contributed by atoms with Gasteiger partial charge in [-0.2, -0.15) is 0 Å². The highest BCUT2D eigenvalue weighted by atomic mass is 35.5. The molecule has 0 saturated heterocycles. The summed E-state index contributed by atoms with van der Waals surface area (Å²) in [6.45, 7) is 4.08. The number of carbonyl (C=O) groups excluding carboxylic acids is 1. The Balaban J connectivity index is 2.03. The highest BCUT2D eigenvalue weighted by Gasteiger charge is 2.20. The van der Waals surface area contributed by atoms with Crippen molar-refractivity contribution in [1.29, 1.82) is 0 Å². The Morgan fingerprint density at radius 3 is 2.46 bits per heavy atom. The number of carbonyl (C=O) groups is 1. The summed E-state index contributed by atoms with van der Waals surface area (Å²) in [6.07, 6.45) is 1.41. The average molecular weight is 395 g/mol. The van der Waals surface area contributed by atoms with Gasteiger partial charge in [-0.3, -0.25) is 9.10 Å². The second-order valence-electron chi connectivity index (χ2n) is 6.17. The first-order valence-corrected chi connectivity index (χ1v) is 10.5. The van der Waals surface area contributed by atoms with Crippen molar-refractivity contribution in [2.45, 2.75) is 20.3 Å². The minimum atomic E-state index is -3.50. The molecule has 2 aromatic rings. The summed E-state index contributed by atoms with van der Waals surface area (Å²) in [5.41, 5.74) is 3.21. The molecule has 0 aromatic heterocycles. The van der Waals surface area contributed by atoms with Crippen molar-refractivity contribution < 1.29 is 13.2 Å². The molecule has 0 aliphatic heterocycles. The number of aryl methyl sites for hydroxylation is 1. The van der Waals surface area contributed by atoms with Crippen LogP contribution in [-0.2, 0) is 21.2 Å². The molecule has 0 spiro atoms. The Morgan fingerprint density at radius 1 is 1.12 bits per heavy atom. The zero-order chi connectivity index (χ0) is 19.3. The van der Waals surface area contributed by atoms with Crippen LogP contribution in [0.5, 0.6) is 0 Å². The van der Waals surface area contributed by atoms with E-state index in [-0.39, 0.29) is 25.4 Å². The molecule has 0 bridgehead atoms. The minimum absolute atomic E-state index is 0.138. The highest BCUT2D eigenvalue weighted by Crippen LogP contribution is 2.27. The van der Waals surface area contributed by atoms with Crippen LogP contribution >= 0.6 is 11.6 Å². The van der Waals surface area contributed by atoms with E-state index in [1.807, 2.05) is 31.2 Å². The summed E-state index contributed by atoms with van der Waals surface area (Å²) in [4.78, 5) is 12.2. The fourth-order valence-corrected chi connectivity index (χ4v) is 3.82. The maximum atomic E-state index is 12.2. The zero-order valence-corrected chi connectivity index (χ0v) is 16.7. The second kappa shape index (κ2) is 8.56. The van der Waals surface area contributed by atoms with E-state index in [1.165, 1.54) is 4.31 Å². The number of anilines is 1. The van der Waals surface area contributed by atoms with Crippen molar-refractivity contribution in [2.24, 2.45) is 0 Å². The summed E-state index contributed by atoms with van der Waals surface area (Å²) < 4.78 is 25.6. The van der Waals surface area contributed by atoms with Gasteiger partial charge in [0, 0.05) is 11.6 Å². The maximum absolute atomic E-state index is 12.2. The SMILES string of the molecule is Cc1ccccc1CC(=O)NCCN(c1cccc(Cl)c1C)S(C)(=O)=O. The van der Waals surface area contributed by atoms with E-state index in [2.05, 4.69) is 5.32 Å². The molecule has 0 heterocycles. The third-order valence-corrected chi connectivity index (χ3v) is 5.75. The van der Waals surface area contributed by atoms with Gasteiger partial charge in [-0.05, 0) is 42.7 Å². The maximum Gasteiger partial charge on any atom is 0.232 e. The van der Waals surface area contributed by atoms with Crippen LogP contribution in [0, 0.1) is 13.8 Å². The zero-order valence-electron chi connectivity index (χ0n) is 15.1. The molecular formula is C19H23ClN2O3S. The number of nitrogens with one attached hydrogen (secondary N) is 1. The molecule has 2 aromatic carbocycles. The first-order valence-electron chi connectivity index (χ1n) is 8.24. The van der Waals surface area contributed by atoms with Crippen LogP contribution in [0.4, 0.5) is 5.69 Å². The summed E-state index contributed by atoms with van der Waals surface area (Å²) >= 11 is 6.11. The quantitative estimate of drug-likeness (QED) is 0.784. The molecule has 7 heteroatoms. The molecule has 1 N–H and O–H groups in total. The Morgan fingerprint density at radius 2 is 1.81 bits per heavy atom. The fourth-order valence-electron chi connectivity index (χ4n) is 2.67. The number of hydrogen-bond acceptors (Lipinski definition) is 3. The van der Waals surface area contributed by atoms with Gasteiger partial charge in [0.05, 0.1) is 24.9 Å². The van der Waals surface area contributed by atoms with E-state index in [1.54, 1.807) is 25.1 Å². The van der Waals surface area contributed by atoms with Crippen molar-refractivity contribution in [3.05, 3.63) is 64.2 Å². The number of benzene rings is 2. The molecule has 0 atom stereocenters. The van der Waals surface area contributed by atoms with Crippen LogP contribution < -0.4 is 9.62 Å². The van der Waals surface area contributed by atoms with Gasteiger partial charge >= 0.3 is 0 Å². The molecule has 140 valence electrons. The number of rotatable bonds is 7. The van der Waals surface area contributed by atoms with Crippen LogP contribution in [0.1, 0.15) is 16.7 Å². The summed E-state index contributed by atoms with van der Waals surface area (Å²) in [5.74, 6) is -0.143. The molecule has 0 saturated carbocycles. The largest absolute Gasteiger partial charge is 0.354 e. The predicted molar refractivity (Wildman–Crippen MR) is 106 cm³/mol. The summed E-state index contributed by atoms with van der Waals surface area (Å²) in [7, 11) is -3.50. The average Bonchev–Trinajstić information content (AvgIpc) is 2.56. The van der Waals surface area contributed by atoms with Crippen LogP contribution in [0.25, 0.3) is 0 Å². The van der Waals surface area contributed by atoms with Crippen molar-refractivity contribution in [3.8, 4) is 0 Å². The van der Waals surface area contributed by atoms with Crippen LogP contribution in [0.15, 0.2) is 42.5 Å². The molecule has 0 fully saturated rings. The van der Waals surface area contributed by atoms with E-state index in [4.69, 9.17) is 11.6 Å². The van der Waals surface area contributed by atoms with Crippen molar-refractivity contribution in [1.82, 2.24) is 5.32 Å². The highest BCUT2D eigenvalue weighted by molar-refractivity contribution is 7.92. The number of hydrogen-bond donors (Lipinski definition) is 1. The lowest BCUT2D eigenvalue weighted by Crippen LogP contribution is -2.39. The van der Waals surface area contributed by atoms with E-state index >= 15 is 0 Å². The van der Waals surface area contributed by atoms with Crippen LogP contribution in [0.3, 0.4) is 0 Å². The minimum Gasteiger partial charge on any atom is -0.354 e. The fraction of sp³-hybridized carbons (Fsp3) is 0.316. The van der Waals surface area contributed by atoms with E-state index < -0.39 is 10.0 Å².